The second-order valence-electron chi connectivity index (χ2n) is 30.3. The van der Waals surface area contributed by atoms with Crippen molar-refractivity contribution in [1.82, 2.24) is 101 Å². The topological polar surface area (TPSA) is 720 Å². The van der Waals surface area contributed by atoms with Gasteiger partial charge < -0.3 is 135 Å². The van der Waals surface area contributed by atoms with Gasteiger partial charge in [-0.1, -0.05) is 19.1 Å². The number of aromatic hydroxyl groups is 1. The van der Waals surface area contributed by atoms with Crippen LogP contribution in [0, 0.1) is 5.92 Å². The van der Waals surface area contributed by atoms with E-state index in [1.165, 1.54) is 86.6 Å². The molecule has 30 N–H and O–H groups in total. The lowest BCUT2D eigenvalue weighted by Gasteiger charge is -2.29. The third kappa shape index (κ3) is 42.8. The summed E-state index contributed by atoms with van der Waals surface area (Å²) in [5.74, 6) is -21.3. The molecule has 0 saturated heterocycles. The van der Waals surface area contributed by atoms with Crippen molar-refractivity contribution in [2.24, 2.45) is 34.6 Å². The fraction of sp³-hybridized carbons (Fsp3) is 0.662. The van der Waals surface area contributed by atoms with Crippen molar-refractivity contribution < 1.29 is 114 Å². The number of carbonyl (C=O) groups is 20. The monoisotopic (exact) mass is 1780 g/mol. The van der Waals surface area contributed by atoms with Crippen LogP contribution in [0.5, 0.6) is 5.75 Å². The first kappa shape index (κ1) is 111. The average molecular weight is 1780 g/mol. The number of primary amides is 1. The van der Waals surface area contributed by atoms with E-state index >= 15 is 0 Å². The molecule has 20 amide bonds. The molecule has 0 bridgehead atoms. The Morgan fingerprint density at radius 1 is 0.304 bits per heavy atom. The van der Waals surface area contributed by atoms with E-state index in [1.807, 2.05) is 5.32 Å². The zero-order valence-electron chi connectivity index (χ0n) is 72.8. The number of nitrogens with two attached hydrogens (primary N) is 5. The van der Waals surface area contributed by atoms with Crippen molar-refractivity contribution in [2.75, 3.05) is 39.3 Å². The molecular weight excluding hydrogens is 1650 g/mol. The van der Waals surface area contributed by atoms with Crippen LogP contribution in [-0.4, -0.2) is 271 Å². The molecule has 1 aromatic rings. The maximum Gasteiger partial charge on any atom is 0.394 e. The lowest BCUT2D eigenvalue weighted by atomic mass is 9.99. The normalized spacial score (nSPS) is 15.5. The summed E-state index contributed by atoms with van der Waals surface area (Å²) in [4.78, 5) is 263. The molecular formula is C77H129F3N24O21. The van der Waals surface area contributed by atoms with Gasteiger partial charge in [-0.15, -0.1) is 0 Å². The van der Waals surface area contributed by atoms with E-state index in [2.05, 4.69) is 95.7 Å². The van der Waals surface area contributed by atoms with Gasteiger partial charge in [0.25, 0.3) is 0 Å². The molecule has 0 unspecified atom stereocenters. The first-order valence-corrected chi connectivity index (χ1v) is 41.0. The molecule has 704 valence electrons. The molecule has 1 rings (SSSR count). The summed E-state index contributed by atoms with van der Waals surface area (Å²) in [5.41, 5.74) is 28.4. The van der Waals surface area contributed by atoms with Crippen LogP contribution >= 0.6 is 0 Å². The second-order valence-corrected chi connectivity index (χ2v) is 30.3. The summed E-state index contributed by atoms with van der Waals surface area (Å²) in [6.07, 6.45) is -2.23. The first-order valence-electron chi connectivity index (χ1n) is 41.0. The van der Waals surface area contributed by atoms with Gasteiger partial charge in [0.1, 0.15) is 108 Å². The van der Waals surface area contributed by atoms with Crippen LogP contribution in [0.1, 0.15) is 173 Å². The van der Waals surface area contributed by atoms with E-state index in [-0.39, 0.29) is 70.3 Å². The summed E-state index contributed by atoms with van der Waals surface area (Å²) in [6, 6.07) is -18.6. The Balaban J connectivity index is 3.01. The van der Waals surface area contributed by atoms with Crippen LogP contribution in [0.2, 0.25) is 0 Å². The summed E-state index contributed by atoms with van der Waals surface area (Å²) in [7, 11) is 0. The molecule has 45 nitrogen and oxygen atoms in total. The second kappa shape index (κ2) is 56.7. The van der Waals surface area contributed by atoms with Crippen molar-refractivity contribution in [3.05, 3.63) is 29.8 Å². The molecule has 1 aromatic carbocycles. The van der Waals surface area contributed by atoms with E-state index in [9.17, 15) is 114 Å². The Kier molecular flexibility index (Phi) is 50.4. The Labute approximate surface area is 722 Å². The van der Waals surface area contributed by atoms with Gasteiger partial charge in [0, 0.05) is 13.3 Å². The smallest absolute Gasteiger partial charge is 0.394 e. The van der Waals surface area contributed by atoms with E-state index in [0.717, 1.165) is 20.8 Å². The van der Waals surface area contributed by atoms with E-state index in [0.29, 0.717) is 57.6 Å². The molecule has 0 fully saturated rings. The number of phenols is 1. The zero-order chi connectivity index (χ0) is 95.3. The van der Waals surface area contributed by atoms with Crippen LogP contribution in [0.3, 0.4) is 0 Å². The number of halogens is 3. The number of phenolic OH excluding ortho intramolecular Hbond substituents is 1. The number of amides is 20. The summed E-state index contributed by atoms with van der Waals surface area (Å²) in [5, 5.41) is 54.3. The molecule has 0 aliphatic carbocycles. The minimum atomic E-state index is -5.18. The minimum absolute atomic E-state index is 0.0151. The highest BCUT2D eigenvalue weighted by atomic mass is 19.4. The number of carbonyl (C=O) groups excluding carboxylic acids is 20. The van der Waals surface area contributed by atoms with Gasteiger partial charge in [-0.05, 0) is 197 Å². The Bertz CT molecular complexity index is 3850. The first-order chi connectivity index (χ1) is 58.4. The number of hydrogen-bond acceptors (Lipinski definition) is 25. The molecule has 0 aliphatic heterocycles. The maximum absolute atomic E-state index is 14.5. The fourth-order valence-electron chi connectivity index (χ4n) is 11.3. The summed E-state index contributed by atoms with van der Waals surface area (Å²) in [6.45, 7) is 14.6. The van der Waals surface area contributed by atoms with Gasteiger partial charge in [-0.3, -0.25) is 95.9 Å². The average Bonchev–Trinajstić information content (AvgIpc) is 0.826. The van der Waals surface area contributed by atoms with Crippen molar-refractivity contribution in [1.29, 1.82) is 0 Å². The molecule has 0 saturated carbocycles. The number of unbranched alkanes of at least 4 members (excludes halogenated alkanes) is 4. The zero-order valence-corrected chi connectivity index (χ0v) is 72.8. The molecule has 125 heavy (non-hydrogen) atoms. The number of nitrogens with one attached hydrogen (secondary N) is 19. The predicted octanol–water partition coefficient (Wildman–Crippen LogP) is -8.15. The minimum Gasteiger partial charge on any atom is -0.508 e. The van der Waals surface area contributed by atoms with Gasteiger partial charge in [-0.2, -0.15) is 13.2 Å². The van der Waals surface area contributed by atoms with Crippen molar-refractivity contribution in [3.8, 4) is 5.75 Å². The van der Waals surface area contributed by atoms with Gasteiger partial charge in [0.05, 0.1) is 19.0 Å². The lowest BCUT2D eigenvalue weighted by Crippen LogP contribution is -2.61. The summed E-state index contributed by atoms with van der Waals surface area (Å²) >= 11 is 0. The number of rotatable bonds is 57. The van der Waals surface area contributed by atoms with Crippen LogP contribution in [0.15, 0.2) is 24.3 Å². The summed E-state index contributed by atoms with van der Waals surface area (Å²) < 4.78 is 43.4. The Morgan fingerprint density at radius 2 is 0.560 bits per heavy atom. The molecule has 0 spiro atoms. The third-order valence-corrected chi connectivity index (χ3v) is 19.2. The van der Waals surface area contributed by atoms with Crippen molar-refractivity contribution in [2.45, 2.75) is 282 Å². The van der Waals surface area contributed by atoms with Crippen molar-refractivity contribution in [3.63, 3.8) is 0 Å². The Hall–Kier alpha value is -11.9. The van der Waals surface area contributed by atoms with Gasteiger partial charge in [-0.25, -0.2) is 0 Å². The van der Waals surface area contributed by atoms with Crippen molar-refractivity contribution >= 4 is 118 Å². The maximum atomic E-state index is 14.5. The van der Waals surface area contributed by atoms with E-state index in [1.54, 1.807) is 0 Å². The largest absolute Gasteiger partial charge is 0.508 e. The lowest BCUT2D eigenvalue weighted by molar-refractivity contribution is -0.181. The number of benzene rings is 1. The molecule has 0 aliphatic rings. The predicted molar refractivity (Wildman–Crippen MR) is 445 cm³/mol. The van der Waals surface area contributed by atoms with Crippen LogP contribution < -0.4 is 130 Å². The quantitative estimate of drug-likeness (QED) is 0.0269. The SMILES string of the molecule is CC(=O)N[C@@H](Cc1ccc(O)cc1)C(=O)NCC(=O)NCC(=O)N[C@@H](CCCCN)C(=O)N[C@@H](C)C(=O)N[C@@H](C)C(=O)N[C@@H](C)C(=O)N[C@@H](C)C(=O)N[C@@H](CCCCN)C(=O)N[C@@H](C)C(=O)N[C@H](C(=O)N[C@@H](C)C(=O)N[C@@H](C)C(=O)N[C@@H](CCCCN)C(=O)N[C@@H](C)C(=O)N[C@@H](C)C(=O)N[C@@H](C)C(=O)N[C@@H](C)C(=O)N[C@@H](CCCCN)C(N)=O)[C@H](C)C(F)(F)F. The molecule has 0 radical (unpaired) electrons. The van der Waals surface area contributed by atoms with Gasteiger partial charge >= 0.3 is 6.18 Å². The molecule has 48 heteroatoms. The van der Waals surface area contributed by atoms with Crippen LogP contribution in [0.4, 0.5) is 13.2 Å². The number of alkyl halides is 3. The molecule has 0 aromatic heterocycles. The van der Waals surface area contributed by atoms with Crippen LogP contribution in [-0.2, 0) is 102 Å². The van der Waals surface area contributed by atoms with Gasteiger partial charge in [0.2, 0.25) is 118 Å². The highest BCUT2D eigenvalue weighted by molar-refractivity contribution is 6.01. The number of hydrogen-bond donors (Lipinski definition) is 25. The van der Waals surface area contributed by atoms with E-state index in [4.69, 9.17) is 28.7 Å². The highest BCUT2D eigenvalue weighted by Crippen LogP contribution is 2.29. The molecule has 0 heterocycles. The highest BCUT2D eigenvalue weighted by Gasteiger charge is 2.46. The van der Waals surface area contributed by atoms with Gasteiger partial charge in [0.15, 0.2) is 0 Å². The molecule has 18 atom stereocenters. The Morgan fingerprint density at radius 3 is 0.848 bits per heavy atom. The fourth-order valence-corrected chi connectivity index (χ4v) is 11.3. The van der Waals surface area contributed by atoms with Crippen LogP contribution in [0.25, 0.3) is 0 Å². The van der Waals surface area contributed by atoms with E-state index < -0.39 is 246 Å². The third-order valence-electron chi connectivity index (χ3n) is 19.2. The standard InChI is InChI=1S/C77H129F3N24O21/c1-37(77(78,79)80)59(76(125)98-44(8)67(116)94-47(11)70(119)102-54(24-16-20-32-83)74(123)96-43(7)66(115)91-39(3)62(111)88-40(4)63(112)92-45(9)68(117)101-52(60(85)109)22-14-18-30-81)104-71(120)48(12)97-75(124)55(25-17-21-33-84)103-69(118)46(10)93-64(113)41(5)89-61(110)38(2)90-65(114)42(6)95-73(122)53(23-15-19-31-82)100-58(108)36-86-57(107)35-87-72(121)56(99-49(13)105)34-50-26-28-51(106)29-27-50/h26-29,37-48,52-56,59,106H,14-25,30-36,81-84H2,1-13H3,(H2,85,109)(H,86,107)(H,87,121)(H,88,111)(H,89,110)(H,90,114)(H,91,115)(H,92,112)(H,93,113)(H,94,116)(H,95,122)(H,96,123)(H,97,124)(H,98,125)(H,99,105)(H,100,108)(H,101,117)(H,102,119)(H,103,118)(H,104,120)/t37-,38-,39-,40-,41-,42-,43-,44-,45-,46-,47-,48-,52-,53-,54-,55-,56-,59-/m0/s1.